The summed E-state index contributed by atoms with van der Waals surface area (Å²) in [5.74, 6) is -0.990. The molecular weight excluding hydrogens is 240 g/mol. The molecule has 0 aliphatic heterocycles. The van der Waals surface area contributed by atoms with E-state index < -0.39 is 5.97 Å². The van der Waals surface area contributed by atoms with Crippen LogP contribution in [0.15, 0.2) is 18.2 Å². The molecule has 1 rings (SSSR count). The number of hydrogen-bond acceptors (Lipinski definition) is 3. The molecule has 4 nitrogen and oxygen atoms in total. The van der Waals surface area contributed by atoms with Crippen molar-refractivity contribution in [2.24, 2.45) is 5.41 Å². The summed E-state index contributed by atoms with van der Waals surface area (Å²) < 4.78 is 0. The molecule has 0 spiro atoms. The van der Waals surface area contributed by atoms with Gasteiger partial charge in [-0.05, 0) is 37.8 Å². The lowest BCUT2D eigenvalue weighted by Gasteiger charge is -2.33. The lowest BCUT2D eigenvalue weighted by Crippen LogP contribution is -2.42. The maximum absolute atomic E-state index is 10.9. The zero-order chi connectivity index (χ0) is 14.7. The molecule has 1 aromatic rings. The molecule has 0 amide bonds. The Morgan fingerprint density at radius 1 is 1.26 bits per heavy atom. The molecule has 0 radical (unpaired) electrons. The van der Waals surface area contributed by atoms with Crippen LogP contribution < -0.4 is 5.32 Å². The van der Waals surface area contributed by atoms with Crippen LogP contribution in [0.2, 0.25) is 0 Å². The van der Waals surface area contributed by atoms with Crippen molar-refractivity contribution in [3.05, 3.63) is 29.6 Å². The Bertz CT molecular complexity index is 448. The molecule has 0 atom stereocenters. The number of nitrogens with zero attached hydrogens (tertiary/aromatic N) is 1. The van der Waals surface area contributed by atoms with Gasteiger partial charge in [0.25, 0.3) is 0 Å². The number of nitrogens with one attached hydrogen (secondary N) is 1. The highest BCUT2D eigenvalue weighted by molar-refractivity contribution is 5.85. The molecule has 0 aromatic carbocycles. The van der Waals surface area contributed by atoms with Crippen LogP contribution in [0.1, 0.15) is 57.2 Å². The van der Waals surface area contributed by atoms with Crippen LogP contribution >= 0.6 is 0 Å². The Labute approximate surface area is 115 Å². The molecule has 0 aliphatic carbocycles. The van der Waals surface area contributed by atoms with E-state index >= 15 is 0 Å². The van der Waals surface area contributed by atoms with Gasteiger partial charge in [-0.2, -0.15) is 0 Å². The van der Waals surface area contributed by atoms with Gasteiger partial charge in [0.1, 0.15) is 5.69 Å². The smallest absolute Gasteiger partial charge is 0.354 e. The predicted molar refractivity (Wildman–Crippen MR) is 76.2 cm³/mol. The van der Waals surface area contributed by atoms with Crippen molar-refractivity contribution in [2.75, 3.05) is 0 Å². The Kier molecular flexibility index (Phi) is 4.69. The number of carboxylic acid groups (broad SMARTS) is 1. The molecule has 0 saturated heterocycles. The summed E-state index contributed by atoms with van der Waals surface area (Å²) in [6.45, 7) is 11.5. The maximum Gasteiger partial charge on any atom is 0.354 e. The number of aromatic carboxylic acids is 1. The molecule has 0 aliphatic rings. The van der Waals surface area contributed by atoms with Gasteiger partial charge in [0.15, 0.2) is 0 Å². The number of pyridine rings is 1. The van der Waals surface area contributed by atoms with Gasteiger partial charge in [0.05, 0.1) is 5.69 Å². The first-order valence-corrected chi connectivity index (χ1v) is 6.53. The third-order valence-electron chi connectivity index (χ3n) is 2.75. The van der Waals surface area contributed by atoms with Crippen molar-refractivity contribution in [1.29, 1.82) is 0 Å². The molecule has 1 aromatic heterocycles. The third kappa shape index (κ3) is 5.83. The van der Waals surface area contributed by atoms with Gasteiger partial charge >= 0.3 is 5.97 Å². The largest absolute Gasteiger partial charge is 0.477 e. The van der Waals surface area contributed by atoms with Gasteiger partial charge in [0.2, 0.25) is 0 Å². The first-order valence-electron chi connectivity index (χ1n) is 6.53. The summed E-state index contributed by atoms with van der Waals surface area (Å²) in [4.78, 5) is 15.0. The average Bonchev–Trinajstić information content (AvgIpc) is 2.24. The first-order chi connectivity index (χ1) is 8.59. The summed E-state index contributed by atoms with van der Waals surface area (Å²) >= 11 is 0. The second kappa shape index (κ2) is 5.70. The topological polar surface area (TPSA) is 62.2 Å². The van der Waals surface area contributed by atoms with E-state index in [1.165, 1.54) is 6.07 Å². The van der Waals surface area contributed by atoms with E-state index in [2.05, 4.69) is 44.9 Å². The third-order valence-corrected chi connectivity index (χ3v) is 2.75. The van der Waals surface area contributed by atoms with Crippen LogP contribution in [0.4, 0.5) is 0 Å². The van der Waals surface area contributed by atoms with Crippen LogP contribution in [-0.4, -0.2) is 21.6 Å². The van der Waals surface area contributed by atoms with E-state index in [0.29, 0.717) is 6.54 Å². The Hall–Kier alpha value is -1.42. The molecule has 4 heteroatoms. The second-order valence-electron chi connectivity index (χ2n) is 6.79. The normalized spacial score (nSPS) is 12.5. The van der Waals surface area contributed by atoms with E-state index in [9.17, 15) is 4.79 Å². The van der Waals surface area contributed by atoms with Crippen molar-refractivity contribution < 1.29 is 9.90 Å². The number of rotatable bonds is 5. The predicted octanol–water partition coefficient (Wildman–Crippen LogP) is 3.08. The lowest BCUT2D eigenvalue weighted by molar-refractivity contribution is 0.0690. The molecule has 0 saturated carbocycles. The molecule has 106 valence electrons. The standard InChI is InChI=1S/C15H24N2O2/c1-14(2,3)10-15(4,5)16-9-11-7-6-8-12(17-11)13(18)19/h6-8,16H,9-10H2,1-5H3,(H,18,19). The number of carbonyl (C=O) groups is 1. The van der Waals surface area contributed by atoms with Crippen molar-refractivity contribution in [1.82, 2.24) is 10.3 Å². The quantitative estimate of drug-likeness (QED) is 0.858. The van der Waals surface area contributed by atoms with Crippen molar-refractivity contribution in [3.8, 4) is 0 Å². The molecule has 19 heavy (non-hydrogen) atoms. The second-order valence-corrected chi connectivity index (χ2v) is 6.79. The Balaban J connectivity index is 2.66. The van der Waals surface area contributed by atoms with Crippen LogP contribution in [0, 0.1) is 5.41 Å². The fourth-order valence-electron chi connectivity index (χ4n) is 2.42. The monoisotopic (exact) mass is 264 g/mol. The minimum atomic E-state index is -0.990. The van der Waals surface area contributed by atoms with E-state index in [0.717, 1.165) is 12.1 Å². The Morgan fingerprint density at radius 2 is 1.89 bits per heavy atom. The lowest BCUT2D eigenvalue weighted by atomic mass is 9.82. The molecule has 0 fully saturated rings. The SMILES string of the molecule is CC(C)(C)CC(C)(C)NCc1cccc(C(=O)O)n1. The molecule has 0 unspecified atom stereocenters. The van der Waals surface area contributed by atoms with E-state index in [1.807, 2.05) is 6.07 Å². The average molecular weight is 264 g/mol. The van der Waals surface area contributed by atoms with Crippen molar-refractivity contribution in [3.63, 3.8) is 0 Å². The number of hydrogen-bond donors (Lipinski definition) is 2. The zero-order valence-electron chi connectivity index (χ0n) is 12.4. The van der Waals surface area contributed by atoms with E-state index in [-0.39, 0.29) is 16.6 Å². The zero-order valence-corrected chi connectivity index (χ0v) is 12.4. The highest BCUT2D eigenvalue weighted by atomic mass is 16.4. The van der Waals surface area contributed by atoms with Crippen LogP contribution in [-0.2, 0) is 6.54 Å². The van der Waals surface area contributed by atoms with Crippen molar-refractivity contribution >= 4 is 5.97 Å². The summed E-state index contributed by atoms with van der Waals surface area (Å²) in [5.41, 5.74) is 1.07. The molecule has 0 bridgehead atoms. The summed E-state index contributed by atoms with van der Waals surface area (Å²) in [7, 11) is 0. The van der Waals surface area contributed by atoms with Crippen molar-refractivity contribution in [2.45, 2.75) is 53.1 Å². The fraction of sp³-hybridized carbons (Fsp3) is 0.600. The van der Waals surface area contributed by atoms with E-state index in [4.69, 9.17) is 5.11 Å². The number of aromatic nitrogens is 1. The van der Waals surface area contributed by atoms with E-state index in [1.54, 1.807) is 6.07 Å². The highest BCUT2D eigenvalue weighted by Crippen LogP contribution is 2.26. The highest BCUT2D eigenvalue weighted by Gasteiger charge is 2.24. The first kappa shape index (κ1) is 15.6. The van der Waals surface area contributed by atoms with Gasteiger partial charge in [0, 0.05) is 12.1 Å². The van der Waals surface area contributed by atoms with Gasteiger partial charge in [-0.1, -0.05) is 26.8 Å². The summed E-state index contributed by atoms with van der Waals surface area (Å²) in [6.07, 6.45) is 1.03. The van der Waals surface area contributed by atoms with Gasteiger partial charge in [-0.3, -0.25) is 0 Å². The van der Waals surface area contributed by atoms with Crippen LogP contribution in [0.25, 0.3) is 0 Å². The van der Waals surface area contributed by atoms with Gasteiger partial charge in [-0.15, -0.1) is 0 Å². The van der Waals surface area contributed by atoms with Gasteiger partial charge in [-0.25, -0.2) is 9.78 Å². The Morgan fingerprint density at radius 3 is 2.42 bits per heavy atom. The minimum absolute atomic E-state index is 0.0147. The summed E-state index contributed by atoms with van der Waals surface area (Å²) in [5, 5.41) is 12.3. The van der Waals surface area contributed by atoms with Crippen LogP contribution in [0.5, 0.6) is 0 Å². The molecule has 2 N–H and O–H groups in total. The minimum Gasteiger partial charge on any atom is -0.477 e. The molecule has 1 heterocycles. The van der Waals surface area contributed by atoms with Gasteiger partial charge < -0.3 is 10.4 Å². The van der Waals surface area contributed by atoms with Crippen LogP contribution in [0.3, 0.4) is 0 Å². The summed E-state index contributed by atoms with van der Waals surface area (Å²) in [6, 6.07) is 5.07. The maximum atomic E-state index is 10.9. The molecular formula is C15H24N2O2. The fourth-order valence-corrected chi connectivity index (χ4v) is 2.42. The number of carboxylic acids is 1.